The molecule has 2 saturated heterocycles. The zero-order valence-electron chi connectivity index (χ0n) is 24.4. The fourth-order valence-electron chi connectivity index (χ4n) is 6.11. The average Bonchev–Trinajstić information content (AvgIpc) is 3.31. The largest absolute Gasteiger partial charge is 0.495 e. The van der Waals surface area contributed by atoms with Crippen LogP contribution in [0.3, 0.4) is 0 Å². The van der Waals surface area contributed by atoms with Gasteiger partial charge in [0.25, 0.3) is 0 Å². The summed E-state index contributed by atoms with van der Waals surface area (Å²) >= 11 is 0. The Morgan fingerprint density at radius 3 is 2.60 bits per heavy atom. The molecule has 5 rings (SSSR count). The van der Waals surface area contributed by atoms with Crippen molar-refractivity contribution in [3.05, 3.63) is 29.7 Å². The van der Waals surface area contributed by atoms with Gasteiger partial charge in [-0.1, -0.05) is 13.3 Å². The van der Waals surface area contributed by atoms with Crippen molar-refractivity contribution >= 4 is 22.8 Å². The Morgan fingerprint density at radius 1 is 1.15 bits per heavy atom. The van der Waals surface area contributed by atoms with E-state index in [0.29, 0.717) is 42.3 Å². The van der Waals surface area contributed by atoms with E-state index in [1.807, 2.05) is 10.9 Å². The molecule has 11 nitrogen and oxygen atoms in total. The molecule has 0 saturated carbocycles. The lowest BCUT2D eigenvalue weighted by Gasteiger charge is -2.49. The van der Waals surface area contributed by atoms with Crippen molar-refractivity contribution in [1.29, 1.82) is 0 Å². The fraction of sp³-hybridized carbons (Fsp3) is 0.655. The fourth-order valence-corrected chi connectivity index (χ4v) is 6.11. The summed E-state index contributed by atoms with van der Waals surface area (Å²) in [4.78, 5) is 19.0. The number of nitrogen functional groups attached to an aromatic ring is 1. The number of piperidine rings is 1. The van der Waals surface area contributed by atoms with E-state index in [9.17, 15) is 5.11 Å². The minimum atomic E-state index is 0.0765. The van der Waals surface area contributed by atoms with Gasteiger partial charge in [-0.05, 0) is 70.2 Å². The number of likely N-dealkylation sites (tertiary alicyclic amines) is 2. The summed E-state index contributed by atoms with van der Waals surface area (Å²) in [5.74, 6) is 2.07. The summed E-state index contributed by atoms with van der Waals surface area (Å²) < 4.78 is 7.67. The van der Waals surface area contributed by atoms with Crippen LogP contribution in [-0.4, -0.2) is 97.7 Å². The number of methoxy groups -OCH3 is 1. The molecule has 1 atom stereocenters. The van der Waals surface area contributed by atoms with Crippen LogP contribution < -0.4 is 15.8 Å². The number of nitrogens with zero attached hydrogens (tertiary/aromatic N) is 7. The second kappa shape index (κ2) is 12.7. The van der Waals surface area contributed by atoms with E-state index in [2.05, 4.69) is 57.0 Å². The molecule has 40 heavy (non-hydrogen) atoms. The standard InChI is InChI=1S/C29H45N9O2/c1-5-6-22(9-12-39)33-28-27-24(34-29(30)35-28)15-32-38(27)18-25-26(40-4)13-21(14-31-25)20-7-10-36(11-8-20)23-16-37(17-23)19(2)3/h13-15,19-20,22-23,39H,5-12,16-18H2,1-4H3,(H3,30,33,34,35)/t22-/m0/s1. The summed E-state index contributed by atoms with van der Waals surface area (Å²) in [7, 11) is 1.70. The van der Waals surface area contributed by atoms with Crippen LogP contribution in [0.5, 0.6) is 5.75 Å². The number of ether oxygens (including phenoxy) is 1. The number of aliphatic hydroxyl groups is 1. The molecular weight excluding hydrogens is 506 g/mol. The molecule has 0 unspecified atom stereocenters. The summed E-state index contributed by atoms with van der Waals surface area (Å²) in [6, 6.07) is 3.59. The lowest BCUT2D eigenvalue weighted by molar-refractivity contribution is 0.00269. The third-order valence-corrected chi connectivity index (χ3v) is 8.57. The number of nitrogens with two attached hydrogens (primary N) is 1. The molecule has 0 amide bonds. The lowest BCUT2D eigenvalue weighted by Crippen LogP contribution is -2.62. The number of hydrogen-bond donors (Lipinski definition) is 3. The molecule has 0 spiro atoms. The van der Waals surface area contributed by atoms with Gasteiger partial charge in [-0.3, -0.25) is 19.5 Å². The number of anilines is 2. The lowest BCUT2D eigenvalue weighted by atomic mass is 9.88. The maximum Gasteiger partial charge on any atom is 0.222 e. The van der Waals surface area contributed by atoms with E-state index in [-0.39, 0.29) is 18.6 Å². The molecule has 5 heterocycles. The Hall–Kier alpha value is -3.02. The van der Waals surface area contributed by atoms with Crippen molar-refractivity contribution < 1.29 is 9.84 Å². The van der Waals surface area contributed by atoms with E-state index >= 15 is 0 Å². The molecule has 0 bridgehead atoms. The van der Waals surface area contributed by atoms with Gasteiger partial charge in [0.2, 0.25) is 5.95 Å². The highest BCUT2D eigenvalue weighted by Crippen LogP contribution is 2.33. The van der Waals surface area contributed by atoms with E-state index < -0.39 is 0 Å². The van der Waals surface area contributed by atoms with Crippen molar-refractivity contribution in [3.8, 4) is 5.75 Å². The first-order valence-corrected chi connectivity index (χ1v) is 14.8. The molecule has 0 aliphatic carbocycles. The molecule has 2 fully saturated rings. The van der Waals surface area contributed by atoms with Crippen LogP contribution in [0, 0.1) is 0 Å². The van der Waals surface area contributed by atoms with Crippen LogP contribution in [0.1, 0.15) is 70.1 Å². The Bertz CT molecular complexity index is 1260. The number of nitrogens with one attached hydrogen (secondary N) is 1. The minimum absolute atomic E-state index is 0.0765. The zero-order valence-corrected chi connectivity index (χ0v) is 24.4. The van der Waals surface area contributed by atoms with Gasteiger partial charge >= 0.3 is 0 Å². The molecular formula is C29H45N9O2. The predicted molar refractivity (Wildman–Crippen MR) is 158 cm³/mol. The first-order chi connectivity index (χ1) is 19.4. The maximum atomic E-state index is 9.53. The third-order valence-electron chi connectivity index (χ3n) is 8.57. The first-order valence-electron chi connectivity index (χ1n) is 14.8. The maximum absolute atomic E-state index is 9.53. The van der Waals surface area contributed by atoms with E-state index in [0.717, 1.165) is 55.7 Å². The topological polar surface area (TPSA) is 130 Å². The monoisotopic (exact) mass is 551 g/mol. The molecule has 4 N–H and O–H groups in total. The smallest absolute Gasteiger partial charge is 0.222 e. The van der Waals surface area contributed by atoms with Gasteiger partial charge < -0.3 is 20.9 Å². The van der Waals surface area contributed by atoms with Crippen molar-refractivity contribution in [3.63, 3.8) is 0 Å². The Balaban J connectivity index is 1.30. The molecule has 218 valence electrons. The molecule has 11 heteroatoms. The highest BCUT2D eigenvalue weighted by Gasteiger charge is 2.35. The molecule has 0 aromatic carbocycles. The number of pyridine rings is 1. The summed E-state index contributed by atoms with van der Waals surface area (Å²) in [6.45, 7) is 11.9. The van der Waals surface area contributed by atoms with Crippen LogP contribution in [0.25, 0.3) is 11.0 Å². The van der Waals surface area contributed by atoms with Crippen molar-refractivity contribution in [2.75, 3.05) is 50.9 Å². The van der Waals surface area contributed by atoms with Gasteiger partial charge in [0, 0.05) is 44.0 Å². The van der Waals surface area contributed by atoms with Crippen molar-refractivity contribution in [2.45, 2.75) is 83.5 Å². The van der Waals surface area contributed by atoms with E-state index in [1.54, 1.807) is 13.3 Å². The van der Waals surface area contributed by atoms with Gasteiger partial charge in [0.15, 0.2) is 5.82 Å². The normalized spacial score (nSPS) is 18.4. The number of aromatic nitrogens is 5. The second-order valence-electron chi connectivity index (χ2n) is 11.5. The summed E-state index contributed by atoms with van der Waals surface area (Å²) in [5, 5.41) is 17.6. The number of aliphatic hydroxyl groups excluding tert-OH is 1. The number of rotatable bonds is 12. The molecule has 0 radical (unpaired) electrons. The third kappa shape index (κ3) is 6.16. The molecule has 3 aromatic rings. The van der Waals surface area contributed by atoms with Crippen molar-refractivity contribution in [1.82, 2.24) is 34.5 Å². The van der Waals surface area contributed by atoms with Crippen molar-refractivity contribution in [2.24, 2.45) is 0 Å². The molecule has 2 aliphatic heterocycles. The average molecular weight is 552 g/mol. The number of fused-ring (bicyclic) bond motifs is 1. The highest BCUT2D eigenvalue weighted by molar-refractivity contribution is 5.86. The quantitative estimate of drug-likeness (QED) is 0.309. The predicted octanol–water partition coefficient (Wildman–Crippen LogP) is 3.10. The van der Waals surface area contributed by atoms with Gasteiger partial charge in [-0.15, -0.1) is 0 Å². The highest BCUT2D eigenvalue weighted by atomic mass is 16.5. The number of hydrogen-bond acceptors (Lipinski definition) is 10. The van der Waals surface area contributed by atoms with Gasteiger partial charge in [0.05, 0.1) is 19.9 Å². The van der Waals surface area contributed by atoms with Crippen LogP contribution in [0.4, 0.5) is 11.8 Å². The molecule has 2 aliphatic rings. The van der Waals surface area contributed by atoms with E-state index in [4.69, 9.17) is 15.5 Å². The second-order valence-corrected chi connectivity index (χ2v) is 11.5. The summed E-state index contributed by atoms with van der Waals surface area (Å²) in [6.07, 6.45) is 8.54. The van der Waals surface area contributed by atoms with Gasteiger partial charge in [0.1, 0.15) is 22.5 Å². The Kier molecular flexibility index (Phi) is 9.02. The van der Waals surface area contributed by atoms with Gasteiger partial charge in [-0.2, -0.15) is 10.1 Å². The zero-order chi connectivity index (χ0) is 28.2. The SMILES string of the molecule is CCC[C@@H](CCO)Nc1nc(N)nc2cnn(Cc3ncc(C4CCN(C5CN(C(C)C)C5)CC4)cc3OC)c12. The van der Waals surface area contributed by atoms with Crippen LogP contribution >= 0.6 is 0 Å². The molecule has 3 aromatic heterocycles. The first kappa shape index (κ1) is 28.5. The summed E-state index contributed by atoms with van der Waals surface area (Å²) in [5.41, 5.74) is 9.49. The van der Waals surface area contributed by atoms with Crippen LogP contribution in [-0.2, 0) is 6.54 Å². The van der Waals surface area contributed by atoms with Crippen LogP contribution in [0.15, 0.2) is 18.5 Å². The van der Waals surface area contributed by atoms with Crippen LogP contribution in [0.2, 0.25) is 0 Å². The van der Waals surface area contributed by atoms with E-state index in [1.165, 1.54) is 18.7 Å². The van der Waals surface area contributed by atoms with Gasteiger partial charge in [-0.25, -0.2) is 4.98 Å². The minimum Gasteiger partial charge on any atom is -0.495 e. The Labute approximate surface area is 237 Å². The Morgan fingerprint density at radius 2 is 1.93 bits per heavy atom.